The van der Waals surface area contributed by atoms with Crippen LogP contribution in [0.25, 0.3) is 0 Å². The Morgan fingerprint density at radius 1 is 1.50 bits per heavy atom. The number of phenols is 1. The molecule has 20 heavy (non-hydrogen) atoms. The highest BCUT2D eigenvalue weighted by Gasteiger charge is 2.16. The van der Waals surface area contributed by atoms with Gasteiger partial charge in [-0.2, -0.15) is 0 Å². The molecular formula is C15H23ClN2O2. The van der Waals surface area contributed by atoms with Gasteiger partial charge in [-0.25, -0.2) is 0 Å². The molecular weight excluding hydrogens is 276 g/mol. The lowest BCUT2D eigenvalue weighted by molar-refractivity contribution is -0.116. The smallest absolute Gasteiger partial charge is 0.224 e. The molecule has 2 rings (SSSR count). The minimum absolute atomic E-state index is 0. The van der Waals surface area contributed by atoms with Gasteiger partial charge in [-0.05, 0) is 56.0 Å². The second-order valence-electron chi connectivity index (χ2n) is 5.15. The van der Waals surface area contributed by atoms with Crippen molar-refractivity contribution in [2.75, 3.05) is 18.4 Å². The van der Waals surface area contributed by atoms with Crippen molar-refractivity contribution < 1.29 is 9.90 Å². The topological polar surface area (TPSA) is 61.4 Å². The lowest BCUT2D eigenvalue weighted by Gasteiger charge is -2.10. The highest BCUT2D eigenvalue weighted by molar-refractivity contribution is 5.92. The molecule has 0 saturated carbocycles. The number of aryl methyl sites for hydroxylation is 1. The van der Waals surface area contributed by atoms with E-state index in [4.69, 9.17) is 0 Å². The second kappa shape index (κ2) is 8.12. The number of phenolic OH excluding ortho intramolecular Hbond substituents is 1. The fourth-order valence-electron chi connectivity index (χ4n) is 2.41. The van der Waals surface area contributed by atoms with E-state index < -0.39 is 0 Å². The Hall–Kier alpha value is -1.26. The number of rotatable bonds is 5. The molecule has 0 aromatic heterocycles. The van der Waals surface area contributed by atoms with Crippen molar-refractivity contribution >= 4 is 24.0 Å². The number of amides is 1. The predicted molar refractivity (Wildman–Crippen MR) is 83.6 cm³/mol. The van der Waals surface area contributed by atoms with Crippen LogP contribution in [0.5, 0.6) is 5.75 Å². The van der Waals surface area contributed by atoms with Gasteiger partial charge in [0.1, 0.15) is 5.75 Å². The Morgan fingerprint density at radius 3 is 2.95 bits per heavy atom. The first kappa shape index (κ1) is 16.8. The zero-order chi connectivity index (χ0) is 13.7. The number of aromatic hydroxyl groups is 1. The van der Waals surface area contributed by atoms with Crippen LogP contribution in [0, 0.1) is 5.92 Å². The van der Waals surface area contributed by atoms with Gasteiger partial charge in [0.15, 0.2) is 0 Å². The maximum absolute atomic E-state index is 11.9. The maximum Gasteiger partial charge on any atom is 0.224 e. The van der Waals surface area contributed by atoms with E-state index in [2.05, 4.69) is 10.6 Å². The molecule has 0 spiro atoms. The van der Waals surface area contributed by atoms with Crippen molar-refractivity contribution in [2.45, 2.75) is 32.6 Å². The van der Waals surface area contributed by atoms with Gasteiger partial charge < -0.3 is 15.7 Å². The summed E-state index contributed by atoms with van der Waals surface area (Å²) in [5, 5.41) is 15.8. The lowest BCUT2D eigenvalue weighted by Crippen LogP contribution is -2.15. The molecule has 3 N–H and O–H groups in total. The van der Waals surface area contributed by atoms with Crippen molar-refractivity contribution in [1.29, 1.82) is 0 Å². The summed E-state index contributed by atoms with van der Waals surface area (Å²) < 4.78 is 0. The summed E-state index contributed by atoms with van der Waals surface area (Å²) in [4.78, 5) is 11.9. The Bertz CT molecular complexity index is 445. The van der Waals surface area contributed by atoms with Crippen molar-refractivity contribution in [1.82, 2.24) is 5.32 Å². The molecule has 1 unspecified atom stereocenters. The van der Waals surface area contributed by atoms with E-state index in [1.807, 2.05) is 19.1 Å². The SMILES string of the molecule is CCc1ccc(O)c(NC(=O)CCC2CCNC2)c1.Cl. The molecule has 1 aliphatic heterocycles. The first-order valence-corrected chi connectivity index (χ1v) is 7.01. The zero-order valence-electron chi connectivity index (χ0n) is 11.8. The molecule has 1 amide bonds. The molecule has 1 heterocycles. The molecule has 1 atom stereocenters. The first-order valence-electron chi connectivity index (χ1n) is 7.01. The Morgan fingerprint density at radius 2 is 2.30 bits per heavy atom. The minimum atomic E-state index is -0.0181. The van der Waals surface area contributed by atoms with Crippen LogP contribution in [0.1, 0.15) is 31.7 Å². The number of anilines is 1. The monoisotopic (exact) mass is 298 g/mol. The molecule has 0 radical (unpaired) electrons. The van der Waals surface area contributed by atoms with Crippen LogP contribution in [-0.4, -0.2) is 24.1 Å². The Kier molecular flexibility index (Phi) is 6.82. The van der Waals surface area contributed by atoms with Crippen LogP contribution in [-0.2, 0) is 11.2 Å². The summed E-state index contributed by atoms with van der Waals surface area (Å²) in [7, 11) is 0. The molecule has 1 aromatic rings. The molecule has 0 bridgehead atoms. The van der Waals surface area contributed by atoms with Gasteiger partial charge in [-0.1, -0.05) is 13.0 Å². The molecule has 1 saturated heterocycles. The van der Waals surface area contributed by atoms with Gasteiger partial charge in [0, 0.05) is 6.42 Å². The fourth-order valence-corrected chi connectivity index (χ4v) is 2.41. The molecule has 0 aliphatic carbocycles. The largest absolute Gasteiger partial charge is 0.506 e. The third-order valence-electron chi connectivity index (χ3n) is 3.69. The van der Waals surface area contributed by atoms with Crippen molar-refractivity contribution in [2.24, 2.45) is 5.92 Å². The predicted octanol–water partition coefficient (Wildman–Crippen LogP) is 2.70. The van der Waals surface area contributed by atoms with E-state index in [0.29, 0.717) is 18.0 Å². The van der Waals surface area contributed by atoms with Crippen LogP contribution < -0.4 is 10.6 Å². The molecule has 112 valence electrons. The highest BCUT2D eigenvalue weighted by atomic mass is 35.5. The van der Waals surface area contributed by atoms with Gasteiger partial charge in [-0.3, -0.25) is 4.79 Å². The van der Waals surface area contributed by atoms with E-state index in [1.165, 1.54) is 0 Å². The van der Waals surface area contributed by atoms with Crippen LogP contribution in [0.15, 0.2) is 18.2 Å². The molecule has 4 nitrogen and oxygen atoms in total. The standard InChI is InChI=1S/C15H22N2O2.ClH/c1-2-11-3-5-14(18)13(9-11)17-15(19)6-4-12-7-8-16-10-12;/h3,5,9,12,16,18H,2,4,6-8,10H2,1H3,(H,17,19);1H. The van der Waals surface area contributed by atoms with E-state index in [-0.39, 0.29) is 24.1 Å². The summed E-state index contributed by atoms with van der Waals surface area (Å²) in [6, 6.07) is 5.34. The van der Waals surface area contributed by atoms with Crippen molar-refractivity contribution in [3.8, 4) is 5.75 Å². The number of nitrogens with one attached hydrogen (secondary N) is 2. The van der Waals surface area contributed by atoms with Gasteiger partial charge in [-0.15, -0.1) is 12.4 Å². The van der Waals surface area contributed by atoms with E-state index in [9.17, 15) is 9.90 Å². The summed E-state index contributed by atoms with van der Waals surface area (Å²) in [5.74, 6) is 0.727. The molecule has 5 heteroatoms. The quantitative estimate of drug-likeness (QED) is 0.733. The summed E-state index contributed by atoms with van der Waals surface area (Å²) in [5.41, 5.74) is 1.63. The van der Waals surface area contributed by atoms with Crippen molar-refractivity contribution in [3.63, 3.8) is 0 Å². The summed E-state index contributed by atoms with van der Waals surface area (Å²) >= 11 is 0. The number of carbonyl (C=O) groups excluding carboxylic acids is 1. The van der Waals surface area contributed by atoms with E-state index in [1.54, 1.807) is 6.07 Å². The third kappa shape index (κ3) is 4.69. The average molecular weight is 299 g/mol. The summed E-state index contributed by atoms with van der Waals surface area (Å²) in [6.07, 6.45) is 3.47. The number of carbonyl (C=O) groups is 1. The molecule has 1 aromatic carbocycles. The third-order valence-corrected chi connectivity index (χ3v) is 3.69. The first-order chi connectivity index (χ1) is 9.19. The Balaban J connectivity index is 0.00000200. The number of hydrogen-bond donors (Lipinski definition) is 3. The van der Waals surface area contributed by atoms with Crippen LogP contribution in [0.3, 0.4) is 0 Å². The van der Waals surface area contributed by atoms with Crippen LogP contribution in [0.2, 0.25) is 0 Å². The molecule has 1 aliphatic rings. The lowest BCUT2D eigenvalue weighted by atomic mass is 10.0. The van der Waals surface area contributed by atoms with E-state index in [0.717, 1.165) is 37.9 Å². The van der Waals surface area contributed by atoms with E-state index >= 15 is 0 Å². The van der Waals surface area contributed by atoms with Gasteiger partial charge in [0.2, 0.25) is 5.91 Å². The maximum atomic E-state index is 11.9. The second-order valence-corrected chi connectivity index (χ2v) is 5.15. The summed E-state index contributed by atoms with van der Waals surface area (Å²) in [6.45, 7) is 4.13. The van der Waals surface area contributed by atoms with Crippen LogP contribution >= 0.6 is 12.4 Å². The average Bonchev–Trinajstić information content (AvgIpc) is 2.92. The number of benzene rings is 1. The van der Waals surface area contributed by atoms with Gasteiger partial charge in [0.05, 0.1) is 5.69 Å². The highest BCUT2D eigenvalue weighted by Crippen LogP contribution is 2.25. The van der Waals surface area contributed by atoms with Gasteiger partial charge in [0.25, 0.3) is 0 Å². The van der Waals surface area contributed by atoms with Crippen molar-refractivity contribution in [3.05, 3.63) is 23.8 Å². The van der Waals surface area contributed by atoms with Crippen LogP contribution in [0.4, 0.5) is 5.69 Å². The fraction of sp³-hybridized carbons (Fsp3) is 0.533. The molecule has 1 fully saturated rings. The number of hydrogen-bond acceptors (Lipinski definition) is 3. The minimum Gasteiger partial charge on any atom is -0.506 e. The number of halogens is 1. The van der Waals surface area contributed by atoms with Gasteiger partial charge >= 0.3 is 0 Å². The zero-order valence-corrected chi connectivity index (χ0v) is 12.6. The normalized spacial score (nSPS) is 17.6. The Labute approximate surface area is 126 Å².